The number of ether oxygens (including phenoxy) is 1. The Morgan fingerprint density at radius 3 is 1.20 bits per heavy atom. The van der Waals surface area contributed by atoms with Gasteiger partial charge in [-0.2, -0.15) is 0 Å². The van der Waals surface area contributed by atoms with Gasteiger partial charge in [0.15, 0.2) is 0 Å². The largest absolute Gasteiger partial charge is 0.466 e. The molecule has 0 aliphatic heterocycles. The van der Waals surface area contributed by atoms with Crippen molar-refractivity contribution in [2.75, 3.05) is 13.2 Å². The zero-order valence-corrected chi connectivity index (χ0v) is 39.5. The van der Waals surface area contributed by atoms with Crippen LogP contribution in [0.15, 0.2) is 24.3 Å². The molecule has 0 aromatic heterocycles. The quantitative estimate of drug-likeness (QED) is 0.0322. The van der Waals surface area contributed by atoms with Crippen molar-refractivity contribution in [3.05, 3.63) is 24.3 Å². The van der Waals surface area contributed by atoms with Gasteiger partial charge in [-0.15, -0.1) is 0 Å². The van der Waals surface area contributed by atoms with E-state index in [-0.39, 0.29) is 18.5 Å². The fourth-order valence-corrected chi connectivity index (χ4v) is 7.92. The molecule has 2 unspecified atom stereocenters. The molecule has 0 saturated carbocycles. The summed E-state index contributed by atoms with van der Waals surface area (Å²) < 4.78 is 5.45. The third-order valence-electron chi connectivity index (χ3n) is 12.0. The summed E-state index contributed by atoms with van der Waals surface area (Å²) in [5.41, 5.74) is 0. The number of allylic oxidation sites excluding steroid dienone is 3. The van der Waals surface area contributed by atoms with Gasteiger partial charge >= 0.3 is 5.97 Å². The minimum absolute atomic E-state index is 0.0156. The van der Waals surface area contributed by atoms with Crippen LogP contribution in [0.2, 0.25) is 0 Å². The third-order valence-corrected chi connectivity index (χ3v) is 12.0. The van der Waals surface area contributed by atoms with Crippen LogP contribution in [0.4, 0.5) is 0 Å². The van der Waals surface area contributed by atoms with E-state index in [0.717, 1.165) is 57.8 Å². The summed E-state index contributed by atoms with van der Waals surface area (Å²) in [6, 6.07) is -0.637. The van der Waals surface area contributed by atoms with Crippen molar-refractivity contribution in [2.45, 2.75) is 289 Å². The molecule has 59 heavy (non-hydrogen) atoms. The summed E-state index contributed by atoms with van der Waals surface area (Å²) in [6.07, 6.45) is 57.4. The molecule has 2 atom stereocenters. The Labute approximate surface area is 367 Å². The first-order chi connectivity index (χ1) is 29.0. The molecule has 0 heterocycles. The van der Waals surface area contributed by atoms with Crippen molar-refractivity contribution in [2.24, 2.45) is 0 Å². The lowest BCUT2D eigenvalue weighted by atomic mass is 10.0. The Balaban J connectivity index is 3.49. The van der Waals surface area contributed by atoms with Gasteiger partial charge in [0.2, 0.25) is 5.91 Å². The fourth-order valence-electron chi connectivity index (χ4n) is 7.92. The van der Waals surface area contributed by atoms with Crippen molar-refractivity contribution >= 4 is 11.9 Å². The van der Waals surface area contributed by atoms with Gasteiger partial charge in [0, 0.05) is 12.8 Å². The molecule has 3 N–H and O–H groups in total. The zero-order valence-electron chi connectivity index (χ0n) is 39.5. The number of carbonyl (C=O) groups excluding carboxylic acids is 2. The van der Waals surface area contributed by atoms with Gasteiger partial charge < -0.3 is 20.3 Å². The van der Waals surface area contributed by atoms with E-state index in [1.165, 1.54) is 193 Å². The monoisotopic (exact) mass is 832 g/mol. The number of rotatable bonds is 48. The highest BCUT2D eigenvalue weighted by molar-refractivity contribution is 5.76. The molecular formula is C53H101NO5. The van der Waals surface area contributed by atoms with Gasteiger partial charge in [0.05, 0.1) is 25.4 Å². The molecule has 0 fully saturated rings. The van der Waals surface area contributed by atoms with E-state index in [1.807, 2.05) is 6.08 Å². The summed E-state index contributed by atoms with van der Waals surface area (Å²) >= 11 is 0. The van der Waals surface area contributed by atoms with Gasteiger partial charge in [-0.05, 0) is 57.8 Å². The Kier molecular flexibility index (Phi) is 47.6. The molecule has 0 radical (unpaired) electrons. The van der Waals surface area contributed by atoms with Crippen LogP contribution < -0.4 is 5.32 Å². The van der Waals surface area contributed by atoms with E-state index in [2.05, 4.69) is 31.3 Å². The number of amides is 1. The van der Waals surface area contributed by atoms with Crippen LogP contribution >= 0.6 is 0 Å². The predicted octanol–water partition coefficient (Wildman–Crippen LogP) is 15.5. The number of nitrogens with one attached hydrogen (secondary N) is 1. The van der Waals surface area contributed by atoms with Gasteiger partial charge in [-0.25, -0.2) is 0 Å². The van der Waals surface area contributed by atoms with E-state index in [4.69, 9.17) is 4.74 Å². The molecule has 0 spiro atoms. The van der Waals surface area contributed by atoms with Crippen LogP contribution in [0.25, 0.3) is 0 Å². The second kappa shape index (κ2) is 49.0. The molecule has 0 bridgehead atoms. The maximum absolute atomic E-state index is 12.4. The first-order valence-corrected chi connectivity index (χ1v) is 26.1. The smallest absolute Gasteiger partial charge is 0.305 e. The van der Waals surface area contributed by atoms with Crippen LogP contribution in [0.1, 0.15) is 277 Å². The highest BCUT2D eigenvalue weighted by atomic mass is 16.5. The Morgan fingerprint density at radius 2 is 0.797 bits per heavy atom. The summed E-state index contributed by atoms with van der Waals surface area (Å²) in [5.74, 6) is -0.0962. The number of aliphatic hydroxyl groups is 2. The highest BCUT2D eigenvalue weighted by Gasteiger charge is 2.18. The summed E-state index contributed by atoms with van der Waals surface area (Å²) in [7, 11) is 0. The summed E-state index contributed by atoms with van der Waals surface area (Å²) in [6.45, 7) is 4.86. The minimum Gasteiger partial charge on any atom is -0.466 e. The number of hydrogen-bond acceptors (Lipinski definition) is 5. The van der Waals surface area contributed by atoms with E-state index < -0.39 is 12.1 Å². The second-order valence-corrected chi connectivity index (χ2v) is 17.9. The average Bonchev–Trinajstić information content (AvgIpc) is 3.24. The van der Waals surface area contributed by atoms with Crippen molar-refractivity contribution in [1.29, 1.82) is 0 Å². The molecule has 0 saturated heterocycles. The van der Waals surface area contributed by atoms with Crippen LogP contribution in [0.3, 0.4) is 0 Å². The molecule has 1 amide bonds. The average molecular weight is 832 g/mol. The molecule has 0 aromatic rings. The van der Waals surface area contributed by atoms with E-state index in [0.29, 0.717) is 19.4 Å². The molecule has 6 nitrogen and oxygen atoms in total. The third kappa shape index (κ3) is 45.7. The number of esters is 1. The van der Waals surface area contributed by atoms with Gasteiger partial charge in [0.1, 0.15) is 0 Å². The van der Waals surface area contributed by atoms with Gasteiger partial charge in [-0.3, -0.25) is 9.59 Å². The van der Waals surface area contributed by atoms with Crippen molar-refractivity contribution in [1.82, 2.24) is 5.32 Å². The maximum Gasteiger partial charge on any atom is 0.305 e. The molecule has 0 aliphatic rings. The first-order valence-electron chi connectivity index (χ1n) is 26.1. The van der Waals surface area contributed by atoms with Crippen LogP contribution in [0.5, 0.6) is 0 Å². The lowest BCUT2D eigenvalue weighted by Crippen LogP contribution is -2.45. The Bertz CT molecular complexity index is 920. The number of hydrogen-bond donors (Lipinski definition) is 3. The molecule has 0 rings (SSSR count). The number of aliphatic hydroxyl groups excluding tert-OH is 2. The number of carbonyl (C=O) groups is 2. The lowest BCUT2D eigenvalue weighted by Gasteiger charge is -2.20. The van der Waals surface area contributed by atoms with Crippen LogP contribution in [-0.4, -0.2) is 47.4 Å². The normalized spacial score (nSPS) is 12.8. The Morgan fingerprint density at radius 1 is 0.458 bits per heavy atom. The predicted molar refractivity (Wildman–Crippen MR) is 255 cm³/mol. The topological polar surface area (TPSA) is 95.9 Å². The number of unbranched alkanes of at least 4 members (excludes halogenated alkanes) is 35. The zero-order chi connectivity index (χ0) is 43.0. The molecule has 348 valence electrons. The summed E-state index contributed by atoms with van der Waals surface area (Å²) in [4.78, 5) is 24.4. The lowest BCUT2D eigenvalue weighted by molar-refractivity contribution is -0.143. The van der Waals surface area contributed by atoms with E-state index in [1.54, 1.807) is 6.08 Å². The molecule has 6 heteroatoms. The van der Waals surface area contributed by atoms with E-state index in [9.17, 15) is 19.8 Å². The highest BCUT2D eigenvalue weighted by Crippen LogP contribution is 2.16. The van der Waals surface area contributed by atoms with Crippen LogP contribution in [0, 0.1) is 0 Å². The van der Waals surface area contributed by atoms with Crippen molar-refractivity contribution < 1.29 is 24.5 Å². The Hall–Kier alpha value is -1.66. The van der Waals surface area contributed by atoms with Crippen LogP contribution in [-0.2, 0) is 14.3 Å². The minimum atomic E-state index is -0.852. The molecule has 0 aromatic carbocycles. The maximum atomic E-state index is 12.4. The first kappa shape index (κ1) is 57.3. The SMILES string of the molecule is CCCCCCC/C=C\CCCCCCCC(=O)OCCCCCCCCCCCCCCCC(=O)NC(CO)C(O)/C=C/CCCCCCCCCCCCCCC. The van der Waals surface area contributed by atoms with Crippen molar-refractivity contribution in [3.8, 4) is 0 Å². The van der Waals surface area contributed by atoms with E-state index >= 15 is 0 Å². The molecular weight excluding hydrogens is 731 g/mol. The van der Waals surface area contributed by atoms with Crippen molar-refractivity contribution in [3.63, 3.8) is 0 Å². The second-order valence-electron chi connectivity index (χ2n) is 17.9. The molecule has 0 aliphatic carbocycles. The van der Waals surface area contributed by atoms with Gasteiger partial charge in [-0.1, -0.05) is 231 Å². The summed E-state index contributed by atoms with van der Waals surface area (Å²) in [5, 5.41) is 23.1. The standard InChI is InChI=1S/C53H101NO5/c1-3-5-7-9-11-13-15-17-19-21-25-29-33-37-41-45-51(56)50(49-55)54-52(57)46-42-38-34-30-26-22-20-24-28-32-36-40-44-48-59-53(58)47-43-39-35-31-27-23-18-16-14-12-10-8-6-4-2/h16,18,41,45,50-51,55-56H,3-15,17,19-40,42-44,46-49H2,1-2H3,(H,54,57)/b18-16-,45-41+. The van der Waals surface area contributed by atoms with Gasteiger partial charge in [0.25, 0.3) is 0 Å². The fraction of sp³-hybridized carbons (Fsp3) is 0.887.